The van der Waals surface area contributed by atoms with Crippen LogP contribution in [0.4, 0.5) is 0 Å². The van der Waals surface area contributed by atoms with Crippen LogP contribution >= 0.6 is 0 Å². The second kappa shape index (κ2) is 1.97. The summed E-state index contributed by atoms with van der Waals surface area (Å²) in [5, 5.41) is 7.32. The standard InChI is InChI=1S/C8H14N2/c9-8(10)7-4-5-1-2-6(7)3-5/h5-7H,1-4H2,(H3,9,10)/t5-,6-,7-/m1/s1. The Morgan fingerprint density at radius 3 is 2.40 bits per heavy atom. The van der Waals surface area contributed by atoms with Crippen molar-refractivity contribution >= 4 is 5.84 Å². The van der Waals surface area contributed by atoms with Crippen LogP contribution in [0.15, 0.2) is 0 Å². The molecule has 2 bridgehead atoms. The summed E-state index contributed by atoms with van der Waals surface area (Å²) in [7, 11) is 0. The fourth-order valence-electron chi connectivity index (χ4n) is 2.63. The molecule has 0 amide bonds. The molecule has 0 aromatic heterocycles. The number of nitrogens with one attached hydrogen (secondary N) is 1. The number of hydrogen-bond donors (Lipinski definition) is 2. The first-order valence-corrected chi connectivity index (χ1v) is 4.11. The topological polar surface area (TPSA) is 49.9 Å². The molecule has 2 fully saturated rings. The minimum absolute atomic E-state index is 0.437. The van der Waals surface area contributed by atoms with Gasteiger partial charge in [-0.3, -0.25) is 5.41 Å². The van der Waals surface area contributed by atoms with E-state index in [4.69, 9.17) is 11.1 Å². The highest BCUT2D eigenvalue weighted by molar-refractivity contribution is 5.80. The maximum atomic E-state index is 7.32. The fraction of sp³-hybridized carbons (Fsp3) is 0.875. The second-order valence-corrected chi connectivity index (χ2v) is 3.74. The Morgan fingerprint density at radius 1 is 1.30 bits per heavy atom. The lowest BCUT2D eigenvalue weighted by molar-refractivity contribution is 0.412. The Labute approximate surface area is 61.3 Å². The third kappa shape index (κ3) is 0.746. The van der Waals surface area contributed by atoms with Gasteiger partial charge in [0.25, 0.3) is 0 Å². The maximum absolute atomic E-state index is 7.32. The van der Waals surface area contributed by atoms with E-state index in [0.717, 1.165) is 11.8 Å². The van der Waals surface area contributed by atoms with Crippen LogP contribution < -0.4 is 5.73 Å². The first kappa shape index (κ1) is 6.20. The van der Waals surface area contributed by atoms with Gasteiger partial charge < -0.3 is 5.73 Å². The van der Waals surface area contributed by atoms with Crippen molar-refractivity contribution in [2.24, 2.45) is 23.5 Å². The van der Waals surface area contributed by atoms with Gasteiger partial charge in [-0.1, -0.05) is 6.42 Å². The molecule has 0 saturated heterocycles. The summed E-state index contributed by atoms with van der Waals surface area (Å²) >= 11 is 0. The van der Waals surface area contributed by atoms with Gasteiger partial charge in [-0.2, -0.15) is 0 Å². The van der Waals surface area contributed by atoms with Gasteiger partial charge in [0.2, 0.25) is 0 Å². The highest BCUT2D eigenvalue weighted by atomic mass is 14.7. The van der Waals surface area contributed by atoms with E-state index in [-0.39, 0.29) is 0 Å². The molecule has 2 rings (SSSR count). The second-order valence-electron chi connectivity index (χ2n) is 3.74. The van der Waals surface area contributed by atoms with Crippen LogP contribution in [0.1, 0.15) is 25.7 Å². The molecule has 0 heterocycles. The number of amidine groups is 1. The van der Waals surface area contributed by atoms with E-state index in [1.165, 1.54) is 25.7 Å². The Kier molecular flexibility index (Phi) is 1.22. The van der Waals surface area contributed by atoms with Gasteiger partial charge in [-0.25, -0.2) is 0 Å². The predicted octanol–water partition coefficient (Wildman–Crippen LogP) is 1.36. The molecule has 3 atom stereocenters. The molecule has 10 heavy (non-hydrogen) atoms. The summed E-state index contributed by atoms with van der Waals surface area (Å²) in [6, 6.07) is 0. The van der Waals surface area contributed by atoms with Gasteiger partial charge in [0.05, 0.1) is 5.84 Å². The monoisotopic (exact) mass is 138 g/mol. The lowest BCUT2D eigenvalue weighted by Gasteiger charge is -2.19. The van der Waals surface area contributed by atoms with Gasteiger partial charge in [0.15, 0.2) is 0 Å². The highest BCUT2D eigenvalue weighted by Gasteiger charge is 2.40. The third-order valence-electron chi connectivity index (χ3n) is 3.14. The SMILES string of the molecule is N=C(N)[C@@H]1C[C@@H]2CC[C@@H]1C2. The number of fused-ring (bicyclic) bond motifs is 2. The van der Waals surface area contributed by atoms with E-state index in [1.54, 1.807) is 0 Å². The van der Waals surface area contributed by atoms with Crippen LogP contribution in [0.2, 0.25) is 0 Å². The lowest BCUT2D eigenvalue weighted by atomic mass is 9.88. The van der Waals surface area contributed by atoms with Crippen molar-refractivity contribution in [2.45, 2.75) is 25.7 Å². The number of rotatable bonds is 1. The molecule has 2 aliphatic carbocycles. The van der Waals surface area contributed by atoms with Crippen molar-refractivity contribution in [1.82, 2.24) is 0 Å². The largest absolute Gasteiger partial charge is 0.387 e. The first-order chi connectivity index (χ1) is 4.77. The summed E-state index contributed by atoms with van der Waals surface area (Å²) in [6.45, 7) is 0. The molecule has 2 aliphatic rings. The van der Waals surface area contributed by atoms with Crippen molar-refractivity contribution < 1.29 is 0 Å². The number of nitrogens with two attached hydrogens (primary N) is 1. The Morgan fingerprint density at radius 2 is 2.10 bits per heavy atom. The van der Waals surface area contributed by atoms with Crippen molar-refractivity contribution in [3.63, 3.8) is 0 Å². The van der Waals surface area contributed by atoms with E-state index in [9.17, 15) is 0 Å². The molecule has 2 nitrogen and oxygen atoms in total. The van der Waals surface area contributed by atoms with Crippen LogP contribution in [0.5, 0.6) is 0 Å². The van der Waals surface area contributed by atoms with E-state index < -0.39 is 0 Å². The molecule has 0 spiro atoms. The third-order valence-corrected chi connectivity index (χ3v) is 3.14. The summed E-state index contributed by atoms with van der Waals surface area (Å²) in [6.07, 6.45) is 5.29. The van der Waals surface area contributed by atoms with Crippen LogP contribution in [0.25, 0.3) is 0 Å². The molecule has 2 saturated carbocycles. The molecule has 0 aromatic carbocycles. The van der Waals surface area contributed by atoms with Gasteiger partial charge in [0.1, 0.15) is 0 Å². The van der Waals surface area contributed by atoms with E-state index >= 15 is 0 Å². The summed E-state index contributed by atoms with van der Waals surface area (Å²) in [4.78, 5) is 0. The quantitative estimate of drug-likeness (QED) is 0.417. The minimum atomic E-state index is 0.437. The summed E-state index contributed by atoms with van der Waals surface area (Å²) < 4.78 is 0. The van der Waals surface area contributed by atoms with Gasteiger partial charge >= 0.3 is 0 Å². The smallest absolute Gasteiger partial charge is 0.0939 e. The van der Waals surface area contributed by atoms with Crippen molar-refractivity contribution in [3.8, 4) is 0 Å². The average Bonchev–Trinajstić information content (AvgIpc) is 2.44. The molecule has 0 aromatic rings. The zero-order valence-electron chi connectivity index (χ0n) is 6.14. The van der Waals surface area contributed by atoms with Crippen LogP contribution in [-0.4, -0.2) is 5.84 Å². The lowest BCUT2D eigenvalue weighted by Crippen LogP contribution is -2.26. The average molecular weight is 138 g/mol. The summed E-state index contributed by atoms with van der Waals surface area (Å²) in [5.41, 5.74) is 5.47. The van der Waals surface area contributed by atoms with Gasteiger partial charge in [-0.15, -0.1) is 0 Å². The minimum Gasteiger partial charge on any atom is -0.387 e. The molecule has 0 unspecified atom stereocenters. The predicted molar refractivity (Wildman–Crippen MR) is 40.9 cm³/mol. The van der Waals surface area contributed by atoms with Crippen molar-refractivity contribution in [1.29, 1.82) is 5.41 Å². The highest BCUT2D eigenvalue weighted by Crippen LogP contribution is 2.47. The Bertz CT molecular complexity index is 165. The van der Waals surface area contributed by atoms with Gasteiger partial charge in [0, 0.05) is 5.92 Å². The zero-order chi connectivity index (χ0) is 7.14. The molecule has 3 N–H and O–H groups in total. The fourth-order valence-corrected chi connectivity index (χ4v) is 2.63. The van der Waals surface area contributed by atoms with Crippen molar-refractivity contribution in [2.75, 3.05) is 0 Å². The molecule has 0 aliphatic heterocycles. The van der Waals surface area contributed by atoms with Gasteiger partial charge in [-0.05, 0) is 31.1 Å². The van der Waals surface area contributed by atoms with E-state index in [0.29, 0.717) is 11.8 Å². The molecular formula is C8H14N2. The van der Waals surface area contributed by atoms with E-state index in [1.807, 2.05) is 0 Å². The maximum Gasteiger partial charge on any atom is 0.0939 e. The molecular weight excluding hydrogens is 124 g/mol. The Hall–Kier alpha value is -0.530. The summed E-state index contributed by atoms with van der Waals surface area (Å²) in [5.74, 6) is 2.59. The molecule has 2 heteroatoms. The zero-order valence-corrected chi connectivity index (χ0v) is 6.14. The first-order valence-electron chi connectivity index (χ1n) is 4.11. The molecule has 56 valence electrons. The van der Waals surface area contributed by atoms with Crippen LogP contribution in [0, 0.1) is 23.2 Å². The molecule has 0 radical (unpaired) electrons. The van der Waals surface area contributed by atoms with Crippen LogP contribution in [-0.2, 0) is 0 Å². The van der Waals surface area contributed by atoms with Crippen molar-refractivity contribution in [3.05, 3.63) is 0 Å². The Balaban J connectivity index is 2.08. The van der Waals surface area contributed by atoms with E-state index in [2.05, 4.69) is 0 Å². The number of hydrogen-bond acceptors (Lipinski definition) is 1. The van der Waals surface area contributed by atoms with Crippen LogP contribution in [0.3, 0.4) is 0 Å². The normalized spacial score (nSPS) is 44.2.